The Morgan fingerprint density at radius 1 is 1.05 bits per heavy atom. The third kappa shape index (κ3) is 9.53. The number of hydrogen-bond donors (Lipinski definition) is 2. The number of aryl methyl sites for hydroxylation is 1. The zero-order valence-electron chi connectivity index (χ0n) is 23.0. The smallest absolute Gasteiger partial charge is 0.331 e. The standard InChI is InChI=1S/C29H32Cl2N2O7S/c1-18(28(35)36)14-22-23(30)15-20(16-24(22)31)27(34)33-29-32-25(17-41-29)21-12-9-11-19(26(21)40-38-3)10-7-5-4-6-8-13-39-37-2/h9,11-12,14-17H,4-8,10,13H2,1-3H3,(H,35,36)(H,32,33,34)/b18-14+. The van der Waals surface area contributed by atoms with Crippen LogP contribution in [0, 0.1) is 0 Å². The summed E-state index contributed by atoms with van der Waals surface area (Å²) >= 11 is 13.9. The summed E-state index contributed by atoms with van der Waals surface area (Å²) in [5, 5.41) is 14.4. The summed E-state index contributed by atoms with van der Waals surface area (Å²) in [5.74, 6) is -0.968. The minimum absolute atomic E-state index is 0.0615. The highest BCUT2D eigenvalue weighted by Gasteiger charge is 2.18. The number of hydrogen-bond acceptors (Lipinski definition) is 8. The fourth-order valence-corrected chi connectivity index (χ4v) is 5.31. The fourth-order valence-electron chi connectivity index (χ4n) is 4.01. The van der Waals surface area contributed by atoms with E-state index in [1.54, 1.807) is 0 Å². The quantitative estimate of drug-likeness (QED) is 0.0717. The van der Waals surface area contributed by atoms with Crippen molar-refractivity contribution in [3.63, 3.8) is 0 Å². The molecule has 3 aromatic rings. The summed E-state index contributed by atoms with van der Waals surface area (Å²) in [4.78, 5) is 48.8. The molecule has 0 aliphatic rings. The molecular weight excluding hydrogens is 591 g/mol. The summed E-state index contributed by atoms with van der Waals surface area (Å²) in [7, 11) is 2.96. The van der Waals surface area contributed by atoms with Crippen LogP contribution in [-0.4, -0.2) is 42.8 Å². The lowest BCUT2D eigenvalue weighted by Gasteiger charge is -2.12. The number of unbranched alkanes of at least 4 members (excludes halogenated alkanes) is 4. The zero-order valence-corrected chi connectivity index (χ0v) is 25.3. The molecule has 41 heavy (non-hydrogen) atoms. The Morgan fingerprint density at radius 3 is 2.44 bits per heavy atom. The second kappa shape index (κ2) is 16.5. The maximum absolute atomic E-state index is 12.9. The number of carboxylic acid groups (broad SMARTS) is 1. The van der Waals surface area contributed by atoms with Crippen molar-refractivity contribution in [1.29, 1.82) is 0 Å². The van der Waals surface area contributed by atoms with Crippen LogP contribution in [-0.2, 0) is 25.9 Å². The highest BCUT2D eigenvalue weighted by molar-refractivity contribution is 7.14. The van der Waals surface area contributed by atoms with E-state index in [0.29, 0.717) is 28.7 Å². The molecule has 2 N–H and O–H groups in total. The number of aromatic nitrogens is 1. The third-order valence-electron chi connectivity index (χ3n) is 6.09. The first kappa shape index (κ1) is 32.5. The van der Waals surface area contributed by atoms with Crippen molar-refractivity contribution in [3.05, 3.63) is 68.0 Å². The molecule has 1 amide bonds. The first-order valence-corrected chi connectivity index (χ1v) is 14.5. The highest BCUT2D eigenvalue weighted by atomic mass is 35.5. The molecule has 0 aliphatic heterocycles. The Kier molecular flexibility index (Phi) is 13.1. The minimum atomic E-state index is -1.09. The predicted molar refractivity (Wildman–Crippen MR) is 161 cm³/mol. The molecule has 220 valence electrons. The van der Waals surface area contributed by atoms with Gasteiger partial charge in [0.1, 0.15) is 0 Å². The van der Waals surface area contributed by atoms with Crippen LogP contribution in [0.5, 0.6) is 5.75 Å². The van der Waals surface area contributed by atoms with E-state index in [0.717, 1.165) is 49.7 Å². The number of rotatable bonds is 16. The maximum atomic E-state index is 12.9. The Hall–Kier alpha value is -2.99. The molecule has 1 aromatic heterocycles. The van der Waals surface area contributed by atoms with Gasteiger partial charge in [0.05, 0.1) is 36.6 Å². The zero-order chi connectivity index (χ0) is 29.8. The molecular formula is C29H32Cl2N2O7S. The fraction of sp³-hybridized carbons (Fsp3) is 0.345. The molecule has 2 aromatic carbocycles. The second-order valence-corrected chi connectivity index (χ2v) is 10.7. The molecule has 3 rings (SSSR count). The third-order valence-corrected chi connectivity index (χ3v) is 7.48. The molecule has 9 nitrogen and oxygen atoms in total. The molecule has 0 saturated carbocycles. The maximum Gasteiger partial charge on any atom is 0.331 e. The molecule has 0 spiro atoms. The minimum Gasteiger partial charge on any atom is -0.478 e. The summed E-state index contributed by atoms with van der Waals surface area (Å²) in [6.07, 6.45) is 7.36. The van der Waals surface area contributed by atoms with Crippen molar-refractivity contribution < 1.29 is 34.2 Å². The van der Waals surface area contributed by atoms with Gasteiger partial charge in [-0.05, 0) is 56.0 Å². The van der Waals surface area contributed by atoms with E-state index in [2.05, 4.69) is 15.2 Å². The van der Waals surface area contributed by atoms with Gasteiger partial charge in [-0.2, -0.15) is 4.89 Å². The summed E-state index contributed by atoms with van der Waals surface area (Å²) in [5.41, 5.74) is 2.96. The van der Waals surface area contributed by atoms with E-state index in [-0.39, 0.29) is 21.2 Å². The number of amides is 1. The van der Waals surface area contributed by atoms with E-state index in [1.165, 1.54) is 50.7 Å². The van der Waals surface area contributed by atoms with Crippen molar-refractivity contribution in [2.75, 3.05) is 26.1 Å². The van der Waals surface area contributed by atoms with E-state index in [9.17, 15) is 9.59 Å². The van der Waals surface area contributed by atoms with Crippen LogP contribution < -0.4 is 10.2 Å². The molecule has 0 fully saturated rings. The number of aliphatic carboxylic acids is 1. The number of para-hydroxylation sites is 1. The Morgan fingerprint density at radius 2 is 1.76 bits per heavy atom. The van der Waals surface area contributed by atoms with Gasteiger partial charge in [-0.1, -0.05) is 54.6 Å². The first-order chi connectivity index (χ1) is 19.7. The average molecular weight is 624 g/mol. The molecule has 0 atom stereocenters. The van der Waals surface area contributed by atoms with Crippen LogP contribution in [0.4, 0.5) is 5.13 Å². The number of benzene rings is 2. The molecule has 0 radical (unpaired) electrons. The number of halogens is 2. The summed E-state index contributed by atoms with van der Waals surface area (Å²) < 4.78 is 0. The predicted octanol–water partition coefficient (Wildman–Crippen LogP) is 7.87. The Balaban J connectivity index is 1.70. The molecule has 0 bridgehead atoms. The van der Waals surface area contributed by atoms with Gasteiger partial charge in [0.15, 0.2) is 10.9 Å². The number of thiazole rings is 1. The van der Waals surface area contributed by atoms with Gasteiger partial charge < -0.3 is 9.99 Å². The Labute approximate surface area is 252 Å². The first-order valence-electron chi connectivity index (χ1n) is 12.9. The molecule has 0 aliphatic carbocycles. The van der Waals surface area contributed by atoms with Crippen molar-refractivity contribution in [1.82, 2.24) is 4.98 Å². The lowest BCUT2D eigenvalue weighted by Crippen LogP contribution is -2.12. The lowest BCUT2D eigenvalue weighted by molar-refractivity contribution is -0.272. The van der Waals surface area contributed by atoms with Crippen LogP contribution in [0.3, 0.4) is 0 Å². The summed E-state index contributed by atoms with van der Waals surface area (Å²) in [6, 6.07) is 8.70. The van der Waals surface area contributed by atoms with Crippen LogP contribution in [0.25, 0.3) is 17.3 Å². The normalized spacial score (nSPS) is 11.5. The van der Waals surface area contributed by atoms with Crippen LogP contribution in [0.1, 0.15) is 60.5 Å². The van der Waals surface area contributed by atoms with Gasteiger partial charge in [-0.3, -0.25) is 10.1 Å². The number of nitrogens with zero attached hydrogens (tertiary/aromatic N) is 1. The van der Waals surface area contributed by atoms with E-state index < -0.39 is 11.9 Å². The van der Waals surface area contributed by atoms with Gasteiger partial charge in [-0.15, -0.1) is 11.3 Å². The van der Waals surface area contributed by atoms with Gasteiger partial charge in [-0.25, -0.2) is 19.6 Å². The second-order valence-electron chi connectivity index (χ2n) is 9.03. The molecule has 1 heterocycles. The van der Waals surface area contributed by atoms with E-state index in [4.69, 9.17) is 43.0 Å². The highest BCUT2D eigenvalue weighted by Crippen LogP contribution is 2.36. The van der Waals surface area contributed by atoms with Crippen molar-refractivity contribution in [2.24, 2.45) is 0 Å². The number of carbonyl (C=O) groups is 2. The van der Waals surface area contributed by atoms with E-state index in [1.807, 2.05) is 23.6 Å². The topological polar surface area (TPSA) is 116 Å². The van der Waals surface area contributed by atoms with Crippen molar-refractivity contribution >= 4 is 57.6 Å². The van der Waals surface area contributed by atoms with E-state index >= 15 is 0 Å². The number of anilines is 1. The summed E-state index contributed by atoms with van der Waals surface area (Å²) in [6.45, 7) is 2.03. The van der Waals surface area contributed by atoms with Gasteiger partial charge >= 0.3 is 5.97 Å². The monoisotopic (exact) mass is 622 g/mol. The Bertz CT molecular complexity index is 1350. The lowest BCUT2D eigenvalue weighted by atomic mass is 10.0. The molecule has 12 heteroatoms. The number of carbonyl (C=O) groups excluding carboxylic acids is 1. The van der Waals surface area contributed by atoms with Gasteiger partial charge in [0.25, 0.3) is 5.91 Å². The number of nitrogens with one attached hydrogen (secondary N) is 1. The largest absolute Gasteiger partial charge is 0.478 e. The average Bonchev–Trinajstić information content (AvgIpc) is 3.40. The molecule has 0 saturated heterocycles. The van der Waals surface area contributed by atoms with Crippen molar-refractivity contribution in [2.45, 2.75) is 45.4 Å². The van der Waals surface area contributed by atoms with Gasteiger partial charge in [0, 0.05) is 27.6 Å². The SMILES string of the molecule is COOCCCCCCCc1cccc(-c2csc(NC(=O)c3cc(Cl)c(/C=C(\C)C(=O)O)c(Cl)c3)n2)c1OOC. The van der Waals surface area contributed by atoms with Crippen LogP contribution >= 0.6 is 34.5 Å². The van der Waals surface area contributed by atoms with Gasteiger partial charge in [0.2, 0.25) is 0 Å². The van der Waals surface area contributed by atoms with Crippen LogP contribution in [0.15, 0.2) is 41.3 Å². The number of carboxylic acids is 1. The molecule has 0 unspecified atom stereocenters. The van der Waals surface area contributed by atoms with Crippen molar-refractivity contribution in [3.8, 4) is 17.0 Å². The van der Waals surface area contributed by atoms with Crippen LogP contribution in [0.2, 0.25) is 10.0 Å².